The zero-order chi connectivity index (χ0) is 17.9. The van der Waals surface area contributed by atoms with Gasteiger partial charge in [0.2, 0.25) is 5.91 Å². The molecule has 0 spiro atoms. The number of benzene rings is 1. The van der Waals surface area contributed by atoms with Crippen LogP contribution in [0.25, 0.3) is 5.82 Å². The second-order valence-electron chi connectivity index (χ2n) is 5.79. The van der Waals surface area contributed by atoms with E-state index in [2.05, 4.69) is 15.1 Å². The van der Waals surface area contributed by atoms with E-state index >= 15 is 0 Å². The number of fused-ring (bicyclic) bond motifs is 1. The van der Waals surface area contributed by atoms with Gasteiger partial charge in [0.25, 0.3) is 0 Å². The van der Waals surface area contributed by atoms with Gasteiger partial charge in [0.05, 0.1) is 18.0 Å². The molecular weight excluding hydrogens is 350 g/mol. The summed E-state index contributed by atoms with van der Waals surface area (Å²) in [4.78, 5) is 23.3. The van der Waals surface area contributed by atoms with Crippen molar-refractivity contribution in [3.05, 3.63) is 54.6 Å². The predicted octanol–water partition coefficient (Wildman–Crippen LogP) is 2.49. The van der Waals surface area contributed by atoms with Gasteiger partial charge in [-0.25, -0.2) is 14.6 Å². The van der Waals surface area contributed by atoms with Gasteiger partial charge in [-0.05, 0) is 30.7 Å². The summed E-state index contributed by atoms with van der Waals surface area (Å²) in [5, 5.41) is 4.86. The van der Waals surface area contributed by atoms with Crippen molar-refractivity contribution in [2.75, 3.05) is 23.8 Å². The van der Waals surface area contributed by atoms with Crippen LogP contribution in [0.4, 0.5) is 5.69 Å². The zero-order valence-corrected chi connectivity index (χ0v) is 15.0. The number of nitrogens with zero attached hydrogens (tertiary/aromatic N) is 5. The van der Waals surface area contributed by atoms with Crippen LogP contribution in [-0.2, 0) is 4.79 Å². The molecule has 4 rings (SSSR count). The van der Waals surface area contributed by atoms with Crippen molar-refractivity contribution in [2.24, 2.45) is 0 Å². The fraction of sp³-hybridized carbons (Fsp3) is 0.222. The molecule has 132 valence electrons. The Labute approximate surface area is 155 Å². The summed E-state index contributed by atoms with van der Waals surface area (Å²) in [5.41, 5.74) is 1.92. The molecule has 0 saturated heterocycles. The monoisotopic (exact) mass is 367 g/mol. The minimum absolute atomic E-state index is 0.0159. The lowest BCUT2D eigenvalue weighted by atomic mass is 10.1. The average molecular weight is 367 g/mol. The number of thioether (sulfide) groups is 1. The molecule has 0 fully saturated rings. The highest BCUT2D eigenvalue weighted by Crippen LogP contribution is 2.33. The number of hydrogen-bond donors (Lipinski definition) is 0. The topological polar surface area (TPSA) is 73.1 Å². The molecule has 2 aromatic heterocycles. The smallest absolute Gasteiger partial charge is 0.237 e. The number of carbonyl (C=O) groups is 1. The largest absolute Gasteiger partial charge is 0.490 e. The summed E-state index contributed by atoms with van der Waals surface area (Å²) in [6.07, 6.45) is 6.72. The molecule has 3 heterocycles. The number of hydrogen-bond acceptors (Lipinski definition) is 6. The van der Waals surface area contributed by atoms with E-state index in [-0.39, 0.29) is 11.7 Å². The third-order valence-corrected chi connectivity index (χ3v) is 4.93. The van der Waals surface area contributed by atoms with Crippen molar-refractivity contribution in [1.82, 2.24) is 19.7 Å². The molecular formula is C18H17N5O2S. The van der Waals surface area contributed by atoms with Gasteiger partial charge >= 0.3 is 0 Å². The first kappa shape index (κ1) is 16.6. The van der Waals surface area contributed by atoms with Gasteiger partial charge in [-0.15, -0.1) is 0 Å². The molecule has 8 heteroatoms. The number of ether oxygens (including phenoxy) is 1. The first-order chi connectivity index (χ1) is 12.7. The van der Waals surface area contributed by atoms with Crippen LogP contribution < -0.4 is 9.64 Å². The number of amides is 1. The Morgan fingerprint density at radius 2 is 2.15 bits per heavy atom. The molecule has 1 aromatic carbocycles. The third kappa shape index (κ3) is 3.28. The predicted molar refractivity (Wildman–Crippen MR) is 98.9 cm³/mol. The maximum Gasteiger partial charge on any atom is 0.237 e. The van der Waals surface area contributed by atoms with E-state index in [4.69, 9.17) is 4.74 Å². The van der Waals surface area contributed by atoms with E-state index in [9.17, 15) is 4.79 Å². The van der Waals surface area contributed by atoms with Crippen molar-refractivity contribution in [2.45, 2.75) is 11.9 Å². The van der Waals surface area contributed by atoms with E-state index in [1.54, 1.807) is 34.4 Å². The van der Waals surface area contributed by atoms with Crippen LogP contribution >= 0.6 is 11.8 Å². The van der Waals surface area contributed by atoms with Gasteiger partial charge in [0.15, 0.2) is 5.82 Å². The minimum atomic E-state index is 0.0159. The van der Waals surface area contributed by atoms with Crippen LogP contribution in [0.15, 0.2) is 54.1 Å². The molecule has 1 aliphatic rings. The van der Waals surface area contributed by atoms with Crippen LogP contribution in [0.5, 0.6) is 5.75 Å². The number of rotatable bonds is 4. The Kier molecular flexibility index (Phi) is 4.57. The van der Waals surface area contributed by atoms with E-state index in [0.29, 0.717) is 24.0 Å². The fourth-order valence-electron chi connectivity index (χ4n) is 2.77. The van der Waals surface area contributed by atoms with Gasteiger partial charge in [-0.2, -0.15) is 5.10 Å². The van der Waals surface area contributed by atoms with Gasteiger partial charge in [0, 0.05) is 24.8 Å². The van der Waals surface area contributed by atoms with Gasteiger partial charge in [0.1, 0.15) is 17.4 Å². The van der Waals surface area contributed by atoms with Crippen LogP contribution in [0.3, 0.4) is 0 Å². The van der Waals surface area contributed by atoms with Crippen LogP contribution in [-0.4, -0.2) is 44.6 Å². The molecule has 3 aromatic rings. The molecule has 1 aliphatic heterocycles. The first-order valence-corrected chi connectivity index (χ1v) is 9.18. The second kappa shape index (κ2) is 7.17. The summed E-state index contributed by atoms with van der Waals surface area (Å²) < 4.78 is 7.30. The van der Waals surface area contributed by atoms with Crippen molar-refractivity contribution in [3.63, 3.8) is 0 Å². The molecule has 0 atom stereocenters. The highest BCUT2D eigenvalue weighted by molar-refractivity contribution is 8.00. The van der Waals surface area contributed by atoms with Crippen molar-refractivity contribution < 1.29 is 9.53 Å². The Balaban J connectivity index is 1.52. The summed E-state index contributed by atoms with van der Waals surface area (Å²) in [5.74, 6) is 1.65. The Bertz CT molecular complexity index is 929. The summed E-state index contributed by atoms with van der Waals surface area (Å²) in [6.45, 7) is 3.04. The second-order valence-corrected chi connectivity index (χ2v) is 6.75. The summed E-state index contributed by atoms with van der Waals surface area (Å²) >= 11 is 1.36. The first-order valence-electron chi connectivity index (χ1n) is 8.20. The molecule has 0 unspecified atom stereocenters. The molecule has 0 aliphatic carbocycles. The van der Waals surface area contributed by atoms with E-state index in [0.717, 1.165) is 17.0 Å². The summed E-state index contributed by atoms with van der Waals surface area (Å²) in [7, 11) is 0. The summed E-state index contributed by atoms with van der Waals surface area (Å²) in [6, 6.07) is 7.70. The standard InChI is InChI=1S/C18H17N5O2S/c1-13-3-4-15-14(11-13)22(9-10-25-15)16(24)12-26-18-17(19-6-7-20-18)23-8-2-5-21-23/h2-8,11H,9-10,12H2,1H3. The zero-order valence-electron chi connectivity index (χ0n) is 14.2. The van der Waals surface area contributed by atoms with Crippen molar-refractivity contribution >= 4 is 23.4 Å². The van der Waals surface area contributed by atoms with Gasteiger partial charge in [-0.1, -0.05) is 17.8 Å². The molecule has 7 nitrogen and oxygen atoms in total. The van der Waals surface area contributed by atoms with Crippen LogP contribution in [0.2, 0.25) is 0 Å². The number of carbonyl (C=O) groups excluding carboxylic acids is 1. The number of aryl methyl sites for hydroxylation is 1. The lowest BCUT2D eigenvalue weighted by Crippen LogP contribution is -2.39. The Hall–Kier alpha value is -2.87. The van der Waals surface area contributed by atoms with Gasteiger partial charge in [-0.3, -0.25) is 4.79 Å². The lowest BCUT2D eigenvalue weighted by molar-refractivity contribution is -0.116. The van der Waals surface area contributed by atoms with Crippen LogP contribution in [0.1, 0.15) is 5.56 Å². The molecule has 0 N–H and O–H groups in total. The normalized spacial score (nSPS) is 13.2. The molecule has 0 bridgehead atoms. The average Bonchev–Trinajstić information content (AvgIpc) is 3.20. The fourth-order valence-corrected chi connectivity index (χ4v) is 3.59. The third-order valence-electron chi connectivity index (χ3n) is 3.98. The van der Waals surface area contributed by atoms with E-state index in [1.807, 2.05) is 31.2 Å². The Morgan fingerprint density at radius 1 is 1.27 bits per heavy atom. The molecule has 1 amide bonds. The molecule has 0 saturated carbocycles. The van der Waals surface area contributed by atoms with Crippen LogP contribution in [0, 0.1) is 6.92 Å². The van der Waals surface area contributed by atoms with E-state index in [1.165, 1.54) is 11.8 Å². The number of aromatic nitrogens is 4. The van der Waals surface area contributed by atoms with Crippen molar-refractivity contribution in [1.29, 1.82) is 0 Å². The highest BCUT2D eigenvalue weighted by atomic mass is 32.2. The van der Waals surface area contributed by atoms with Crippen molar-refractivity contribution in [3.8, 4) is 11.6 Å². The minimum Gasteiger partial charge on any atom is -0.490 e. The molecule has 26 heavy (non-hydrogen) atoms. The Morgan fingerprint density at radius 3 is 3.00 bits per heavy atom. The quantitative estimate of drug-likeness (QED) is 0.660. The van der Waals surface area contributed by atoms with Gasteiger partial charge < -0.3 is 9.64 Å². The highest BCUT2D eigenvalue weighted by Gasteiger charge is 2.24. The molecule has 0 radical (unpaired) electrons. The lowest BCUT2D eigenvalue weighted by Gasteiger charge is -2.29. The van der Waals surface area contributed by atoms with E-state index < -0.39 is 0 Å². The SMILES string of the molecule is Cc1ccc2c(c1)N(C(=O)CSc1nccnc1-n1cccn1)CCO2. The maximum atomic E-state index is 12.8. The number of anilines is 1. The maximum absolute atomic E-state index is 12.8.